The smallest absolute Gasteiger partial charge is 0.410 e. The second kappa shape index (κ2) is 11.6. The molecule has 2 heterocycles. The summed E-state index contributed by atoms with van der Waals surface area (Å²) in [5.74, 6) is 1.14. The number of amidine groups is 1. The van der Waals surface area contributed by atoms with E-state index in [4.69, 9.17) is 12.6 Å². The highest BCUT2D eigenvalue weighted by Crippen LogP contribution is 2.52. The van der Waals surface area contributed by atoms with Gasteiger partial charge >= 0.3 is 6.09 Å². The van der Waals surface area contributed by atoms with Crippen LogP contribution >= 0.6 is 0 Å². The fraction of sp³-hybridized carbons (Fsp3) is 0.531. The van der Waals surface area contributed by atoms with Crippen LogP contribution in [0.5, 0.6) is 0 Å². The van der Waals surface area contributed by atoms with Crippen molar-refractivity contribution in [3.63, 3.8) is 0 Å². The van der Waals surface area contributed by atoms with E-state index in [-0.39, 0.29) is 11.5 Å². The van der Waals surface area contributed by atoms with E-state index in [0.29, 0.717) is 25.4 Å². The first kappa shape index (κ1) is 28.9. The molecule has 0 aliphatic carbocycles. The quantitative estimate of drug-likeness (QED) is 0.307. The minimum absolute atomic E-state index is 0.234. The predicted molar refractivity (Wildman–Crippen MR) is 160 cm³/mol. The van der Waals surface area contributed by atoms with Crippen molar-refractivity contribution in [2.45, 2.75) is 97.0 Å². The van der Waals surface area contributed by atoms with Gasteiger partial charge in [-0.2, -0.15) is 0 Å². The van der Waals surface area contributed by atoms with Crippen LogP contribution in [0.4, 0.5) is 16.2 Å². The van der Waals surface area contributed by atoms with Gasteiger partial charge in [0.2, 0.25) is 6.41 Å². The van der Waals surface area contributed by atoms with Gasteiger partial charge in [0.05, 0.1) is 11.1 Å². The molecule has 2 radical (unpaired) electrons. The number of nitrogens with zero attached hydrogens (tertiary/aromatic N) is 3. The predicted octanol–water partition coefficient (Wildman–Crippen LogP) is 6.45. The van der Waals surface area contributed by atoms with Crippen molar-refractivity contribution in [2.75, 3.05) is 18.0 Å². The Morgan fingerprint density at radius 3 is 2.36 bits per heavy atom. The molecule has 1 fully saturated rings. The Balaban J connectivity index is 1.75. The normalized spacial score (nSPS) is 18.4. The second-order valence-corrected chi connectivity index (χ2v) is 12.0. The number of rotatable bonds is 7. The summed E-state index contributed by atoms with van der Waals surface area (Å²) < 4.78 is 5.60. The van der Waals surface area contributed by atoms with Crippen LogP contribution in [0.2, 0.25) is 0 Å². The number of carbonyl (C=O) groups excluding carboxylic acids is 2. The standard InChI is InChI=1S/C32H42BN3O3/c1-7-16-32(17-8-2)25-20-24(23-14-18-35(19-15-23)30(38)39-31(4,5)6)12-13-28(25)36(29(32)34-21-37)27-11-9-10-26(33)22(27)3/h9-13,20-21,23H,7-8,14-19H2,1-6H3. The van der Waals surface area contributed by atoms with Gasteiger partial charge in [0.1, 0.15) is 19.3 Å². The number of benzene rings is 2. The molecule has 0 atom stereocenters. The molecule has 6 nitrogen and oxygen atoms in total. The molecule has 7 heteroatoms. The molecule has 0 saturated carbocycles. The molecule has 0 aromatic heterocycles. The van der Waals surface area contributed by atoms with Gasteiger partial charge in [0.15, 0.2) is 0 Å². The van der Waals surface area contributed by atoms with Gasteiger partial charge in [-0.3, -0.25) is 9.69 Å². The van der Waals surface area contributed by atoms with Crippen molar-refractivity contribution in [3.05, 3.63) is 53.1 Å². The fourth-order valence-corrected chi connectivity index (χ4v) is 6.39. The average Bonchev–Trinajstić information content (AvgIpc) is 3.14. The zero-order valence-corrected chi connectivity index (χ0v) is 24.4. The first-order valence-corrected chi connectivity index (χ1v) is 14.4. The highest BCUT2D eigenvalue weighted by molar-refractivity contribution is 6.34. The van der Waals surface area contributed by atoms with Crippen LogP contribution in [0.15, 0.2) is 41.4 Å². The molecule has 2 amide bonds. The van der Waals surface area contributed by atoms with E-state index < -0.39 is 5.60 Å². The molecule has 0 bridgehead atoms. The van der Waals surface area contributed by atoms with Crippen molar-refractivity contribution in [2.24, 2.45) is 4.99 Å². The molecule has 2 aromatic carbocycles. The topological polar surface area (TPSA) is 62.2 Å². The number of ether oxygens (including phenoxy) is 1. The van der Waals surface area contributed by atoms with Gasteiger partial charge in [0.25, 0.3) is 0 Å². The van der Waals surface area contributed by atoms with E-state index in [1.54, 1.807) is 0 Å². The fourth-order valence-electron chi connectivity index (χ4n) is 6.39. The number of likely N-dealkylation sites (tertiary alicyclic amines) is 1. The molecule has 0 spiro atoms. The summed E-state index contributed by atoms with van der Waals surface area (Å²) in [5, 5.41) is 0. The number of anilines is 2. The van der Waals surface area contributed by atoms with E-state index in [1.165, 1.54) is 11.1 Å². The Morgan fingerprint density at radius 1 is 1.10 bits per heavy atom. The molecular weight excluding hydrogens is 485 g/mol. The zero-order chi connectivity index (χ0) is 28.4. The molecule has 1 saturated heterocycles. The first-order chi connectivity index (χ1) is 18.6. The molecule has 2 aromatic rings. The maximum absolute atomic E-state index is 12.6. The molecule has 2 aliphatic rings. The Kier molecular flexibility index (Phi) is 8.58. The van der Waals surface area contributed by atoms with Gasteiger partial charge in [-0.05, 0) is 88.1 Å². The number of fused-ring (bicyclic) bond motifs is 1. The molecule has 0 unspecified atom stereocenters. The van der Waals surface area contributed by atoms with Crippen molar-refractivity contribution >= 4 is 43.0 Å². The van der Waals surface area contributed by atoms with Crippen LogP contribution < -0.4 is 10.4 Å². The summed E-state index contributed by atoms with van der Waals surface area (Å²) >= 11 is 0. The van der Waals surface area contributed by atoms with Crippen LogP contribution in [0.1, 0.15) is 95.8 Å². The number of hydrogen-bond acceptors (Lipinski definition) is 3. The van der Waals surface area contributed by atoms with Crippen LogP contribution in [-0.2, 0) is 14.9 Å². The zero-order valence-electron chi connectivity index (χ0n) is 24.4. The summed E-state index contributed by atoms with van der Waals surface area (Å²) in [6.07, 6.45) is 5.97. The minimum atomic E-state index is -0.496. The molecule has 206 valence electrons. The van der Waals surface area contributed by atoms with Crippen molar-refractivity contribution in [3.8, 4) is 0 Å². The summed E-state index contributed by atoms with van der Waals surface area (Å²) in [6.45, 7) is 13.5. The summed E-state index contributed by atoms with van der Waals surface area (Å²) in [7, 11) is 6.33. The van der Waals surface area contributed by atoms with Gasteiger partial charge in [0, 0.05) is 18.8 Å². The maximum Gasteiger partial charge on any atom is 0.410 e. The van der Waals surface area contributed by atoms with E-state index >= 15 is 0 Å². The first-order valence-electron chi connectivity index (χ1n) is 14.4. The van der Waals surface area contributed by atoms with E-state index in [1.807, 2.05) is 44.7 Å². The minimum Gasteiger partial charge on any atom is -0.444 e. The van der Waals surface area contributed by atoms with Crippen LogP contribution in [0.25, 0.3) is 0 Å². The monoisotopic (exact) mass is 527 g/mol. The molecular formula is C32H42BN3O3. The van der Waals surface area contributed by atoms with Crippen molar-refractivity contribution in [1.29, 1.82) is 0 Å². The Hall–Kier alpha value is -3.09. The average molecular weight is 528 g/mol. The Bertz CT molecular complexity index is 1240. The highest BCUT2D eigenvalue weighted by atomic mass is 16.6. The molecule has 39 heavy (non-hydrogen) atoms. The lowest BCUT2D eigenvalue weighted by Crippen LogP contribution is -2.41. The van der Waals surface area contributed by atoms with Crippen LogP contribution in [-0.4, -0.2) is 49.8 Å². The van der Waals surface area contributed by atoms with Gasteiger partial charge < -0.3 is 9.64 Å². The number of amides is 2. The maximum atomic E-state index is 12.6. The van der Waals surface area contributed by atoms with Gasteiger partial charge in [-0.15, -0.1) is 0 Å². The Labute approximate surface area is 235 Å². The summed E-state index contributed by atoms with van der Waals surface area (Å²) in [4.78, 5) is 33.1. The van der Waals surface area contributed by atoms with Gasteiger partial charge in [-0.25, -0.2) is 9.79 Å². The second-order valence-electron chi connectivity index (χ2n) is 12.0. The number of piperidine rings is 1. The van der Waals surface area contributed by atoms with Crippen LogP contribution in [0, 0.1) is 6.92 Å². The molecule has 0 N–H and O–H groups in total. The van der Waals surface area contributed by atoms with Crippen LogP contribution in [0.3, 0.4) is 0 Å². The molecule has 2 aliphatic heterocycles. The van der Waals surface area contributed by atoms with Crippen molar-refractivity contribution < 1.29 is 14.3 Å². The Morgan fingerprint density at radius 2 is 1.77 bits per heavy atom. The number of hydrogen-bond donors (Lipinski definition) is 0. The van der Waals surface area contributed by atoms with Crippen molar-refractivity contribution in [1.82, 2.24) is 4.90 Å². The van der Waals surface area contributed by atoms with E-state index in [2.05, 4.69) is 48.0 Å². The third-order valence-electron chi connectivity index (χ3n) is 8.15. The lowest BCUT2D eigenvalue weighted by molar-refractivity contribution is -0.106. The SMILES string of the molecule is [B]c1cccc(N2C(=NC=O)C(CCC)(CCC)c3cc(C4CCN(C(=O)OC(C)(C)C)CC4)ccc32)c1C. The van der Waals surface area contributed by atoms with E-state index in [9.17, 15) is 9.59 Å². The third kappa shape index (κ3) is 5.64. The highest BCUT2D eigenvalue weighted by Gasteiger charge is 2.48. The lowest BCUT2D eigenvalue weighted by Gasteiger charge is -2.34. The number of aliphatic imine (C=N–C) groups is 1. The summed E-state index contributed by atoms with van der Waals surface area (Å²) in [5.41, 5.74) is 5.39. The lowest BCUT2D eigenvalue weighted by atomic mass is 9.73. The largest absolute Gasteiger partial charge is 0.444 e. The summed E-state index contributed by atoms with van der Waals surface area (Å²) in [6, 6.07) is 12.7. The van der Waals surface area contributed by atoms with Gasteiger partial charge in [-0.1, -0.05) is 56.4 Å². The number of carbonyl (C=O) groups is 2. The molecule has 4 rings (SSSR count). The van der Waals surface area contributed by atoms with E-state index in [0.717, 1.165) is 66.8 Å². The third-order valence-corrected chi connectivity index (χ3v) is 8.15.